The van der Waals surface area contributed by atoms with Crippen LogP contribution in [-0.2, 0) is 0 Å². The Morgan fingerprint density at radius 1 is 0.895 bits per heavy atom. The Hall–Kier alpha value is -1.70. The summed E-state index contributed by atoms with van der Waals surface area (Å²) in [5, 5.41) is 2.44. The molecule has 0 amide bonds. The number of fused-ring (bicyclic) bond motifs is 1. The molecule has 0 bridgehead atoms. The lowest BCUT2D eigenvalue weighted by molar-refractivity contribution is 0.269. The van der Waals surface area contributed by atoms with E-state index in [0.717, 1.165) is 37.6 Å². The average molecular weight is 258 g/mol. The van der Waals surface area contributed by atoms with Crippen LogP contribution in [0.4, 0.5) is 0 Å². The molecule has 0 saturated heterocycles. The first kappa shape index (κ1) is 13.7. The van der Waals surface area contributed by atoms with Crippen molar-refractivity contribution in [2.45, 2.75) is 33.6 Å². The molecule has 2 aromatic rings. The normalized spacial score (nSPS) is 10.7. The predicted octanol–water partition coefficient (Wildman–Crippen LogP) is 4.73. The highest BCUT2D eigenvalue weighted by atomic mass is 16.5. The van der Waals surface area contributed by atoms with Crippen molar-refractivity contribution in [3.63, 3.8) is 0 Å². The van der Waals surface area contributed by atoms with E-state index in [9.17, 15) is 0 Å². The van der Waals surface area contributed by atoms with Crippen LogP contribution in [0.5, 0.6) is 11.5 Å². The van der Waals surface area contributed by atoms with Crippen molar-refractivity contribution >= 4 is 10.8 Å². The molecule has 0 aliphatic rings. The van der Waals surface area contributed by atoms with Crippen molar-refractivity contribution in [1.29, 1.82) is 0 Å². The SMILES string of the molecule is CCCOc1cc2cccc(C)c2cc1OCCC. The molecule has 2 rings (SSSR count). The Morgan fingerprint density at radius 2 is 1.53 bits per heavy atom. The molecular weight excluding hydrogens is 236 g/mol. The smallest absolute Gasteiger partial charge is 0.161 e. The lowest BCUT2D eigenvalue weighted by Crippen LogP contribution is -2.01. The molecular formula is C17H22O2. The van der Waals surface area contributed by atoms with Crippen LogP contribution >= 0.6 is 0 Å². The van der Waals surface area contributed by atoms with Crippen LogP contribution in [0.3, 0.4) is 0 Å². The van der Waals surface area contributed by atoms with Gasteiger partial charge in [-0.15, -0.1) is 0 Å². The maximum atomic E-state index is 5.82. The molecule has 2 heteroatoms. The van der Waals surface area contributed by atoms with E-state index in [4.69, 9.17) is 9.47 Å². The number of rotatable bonds is 6. The summed E-state index contributed by atoms with van der Waals surface area (Å²) in [5.74, 6) is 1.71. The Labute approximate surface area is 115 Å². The van der Waals surface area contributed by atoms with Crippen molar-refractivity contribution < 1.29 is 9.47 Å². The summed E-state index contributed by atoms with van der Waals surface area (Å²) in [5.41, 5.74) is 1.26. The fourth-order valence-corrected chi connectivity index (χ4v) is 2.09. The molecule has 0 radical (unpaired) electrons. The number of aryl methyl sites for hydroxylation is 1. The van der Waals surface area contributed by atoms with Gasteiger partial charge in [0.2, 0.25) is 0 Å². The quantitative estimate of drug-likeness (QED) is 0.746. The maximum Gasteiger partial charge on any atom is 0.161 e. The van der Waals surface area contributed by atoms with Gasteiger partial charge in [0.15, 0.2) is 11.5 Å². The largest absolute Gasteiger partial charge is 0.490 e. The van der Waals surface area contributed by atoms with Crippen molar-refractivity contribution in [3.05, 3.63) is 35.9 Å². The summed E-state index contributed by atoms with van der Waals surface area (Å²) in [6, 6.07) is 10.5. The van der Waals surface area contributed by atoms with E-state index in [-0.39, 0.29) is 0 Å². The lowest BCUT2D eigenvalue weighted by atomic mass is 10.0. The van der Waals surface area contributed by atoms with E-state index in [2.05, 4.69) is 51.1 Å². The zero-order chi connectivity index (χ0) is 13.7. The summed E-state index contributed by atoms with van der Waals surface area (Å²) >= 11 is 0. The first-order valence-electron chi connectivity index (χ1n) is 7.05. The maximum absolute atomic E-state index is 5.82. The third-order valence-corrected chi connectivity index (χ3v) is 3.09. The van der Waals surface area contributed by atoms with E-state index in [0.29, 0.717) is 0 Å². The Kier molecular flexibility index (Phi) is 4.67. The molecule has 0 atom stereocenters. The van der Waals surface area contributed by atoms with E-state index in [1.807, 2.05) is 0 Å². The third kappa shape index (κ3) is 3.19. The molecule has 0 heterocycles. The first-order valence-corrected chi connectivity index (χ1v) is 7.05. The van der Waals surface area contributed by atoms with Gasteiger partial charge < -0.3 is 9.47 Å². The first-order chi connectivity index (χ1) is 9.26. The second kappa shape index (κ2) is 6.46. The van der Waals surface area contributed by atoms with E-state index >= 15 is 0 Å². The standard InChI is InChI=1S/C17H22O2/c1-4-9-18-16-11-14-8-6-7-13(3)15(14)12-17(16)19-10-5-2/h6-8,11-12H,4-5,9-10H2,1-3H3. The molecule has 0 saturated carbocycles. The molecule has 19 heavy (non-hydrogen) atoms. The van der Waals surface area contributed by atoms with Gasteiger partial charge in [0.1, 0.15) is 0 Å². The second-order valence-corrected chi connectivity index (χ2v) is 4.79. The number of hydrogen-bond donors (Lipinski definition) is 0. The van der Waals surface area contributed by atoms with E-state index in [1.54, 1.807) is 0 Å². The van der Waals surface area contributed by atoms with Gasteiger partial charge in [0, 0.05) is 0 Å². The van der Waals surface area contributed by atoms with Crippen molar-refractivity contribution in [2.24, 2.45) is 0 Å². The highest BCUT2D eigenvalue weighted by Crippen LogP contribution is 2.34. The molecule has 0 aliphatic heterocycles. The summed E-state index contributed by atoms with van der Waals surface area (Å²) < 4.78 is 11.6. The van der Waals surface area contributed by atoms with Gasteiger partial charge in [-0.1, -0.05) is 32.0 Å². The molecule has 0 spiro atoms. The number of hydrogen-bond acceptors (Lipinski definition) is 2. The summed E-state index contributed by atoms with van der Waals surface area (Å²) in [7, 11) is 0. The van der Waals surface area contributed by atoms with Crippen LogP contribution in [0, 0.1) is 6.92 Å². The summed E-state index contributed by atoms with van der Waals surface area (Å²) in [6.07, 6.45) is 2.00. The van der Waals surface area contributed by atoms with Crippen molar-refractivity contribution in [3.8, 4) is 11.5 Å². The Balaban J connectivity index is 2.43. The minimum atomic E-state index is 0.722. The third-order valence-electron chi connectivity index (χ3n) is 3.09. The van der Waals surface area contributed by atoms with Gasteiger partial charge in [0.25, 0.3) is 0 Å². The monoisotopic (exact) mass is 258 g/mol. The zero-order valence-corrected chi connectivity index (χ0v) is 12.0. The molecule has 102 valence electrons. The van der Waals surface area contributed by atoms with Crippen LogP contribution < -0.4 is 9.47 Å². The van der Waals surface area contributed by atoms with Gasteiger partial charge in [-0.3, -0.25) is 0 Å². The van der Waals surface area contributed by atoms with Crippen LogP contribution in [0.1, 0.15) is 32.3 Å². The van der Waals surface area contributed by atoms with Gasteiger partial charge in [-0.05, 0) is 48.2 Å². The molecule has 0 N–H and O–H groups in total. The minimum absolute atomic E-state index is 0.722. The van der Waals surface area contributed by atoms with Crippen LogP contribution in [0.25, 0.3) is 10.8 Å². The highest BCUT2D eigenvalue weighted by Gasteiger charge is 2.08. The highest BCUT2D eigenvalue weighted by molar-refractivity contribution is 5.88. The zero-order valence-electron chi connectivity index (χ0n) is 12.0. The average Bonchev–Trinajstić information content (AvgIpc) is 2.43. The lowest BCUT2D eigenvalue weighted by Gasteiger charge is -2.14. The van der Waals surface area contributed by atoms with E-state index < -0.39 is 0 Å². The Morgan fingerprint density at radius 3 is 2.16 bits per heavy atom. The molecule has 2 aromatic carbocycles. The van der Waals surface area contributed by atoms with Gasteiger partial charge in [0.05, 0.1) is 13.2 Å². The second-order valence-electron chi connectivity index (χ2n) is 4.79. The van der Waals surface area contributed by atoms with Crippen molar-refractivity contribution in [1.82, 2.24) is 0 Å². The number of benzene rings is 2. The van der Waals surface area contributed by atoms with Gasteiger partial charge in [-0.25, -0.2) is 0 Å². The molecule has 2 nitrogen and oxygen atoms in total. The molecule has 0 unspecified atom stereocenters. The minimum Gasteiger partial charge on any atom is -0.490 e. The fourth-order valence-electron chi connectivity index (χ4n) is 2.09. The van der Waals surface area contributed by atoms with Crippen LogP contribution in [0.15, 0.2) is 30.3 Å². The van der Waals surface area contributed by atoms with Gasteiger partial charge >= 0.3 is 0 Å². The molecule has 0 aliphatic carbocycles. The topological polar surface area (TPSA) is 18.5 Å². The Bertz CT molecular complexity index is 546. The van der Waals surface area contributed by atoms with Crippen LogP contribution in [-0.4, -0.2) is 13.2 Å². The fraction of sp³-hybridized carbons (Fsp3) is 0.412. The summed E-state index contributed by atoms with van der Waals surface area (Å²) in [6.45, 7) is 7.79. The summed E-state index contributed by atoms with van der Waals surface area (Å²) in [4.78, 5) is 0. The molecule has 0 aromatic heterocycles. The van der Waals surface area contributed by atoms with E-state index in [1.165, 1.54) is 16.3 Å². The van der Waals surface area contributed by atoms with Gasteiger partial charge in [-0.2, -0.15) is 0 Å². The molecule has 0 fully saturated rings. The number of ether oxygens (including phenoxy) is 2. The van der Waals surface area contributed by atoms with Crippen LogP contribution in [0.2, 0.25) is 0 Å². The van der Waals surface area contributed by atoms with Crippen molar-refractivity contribution in [2.75, 3.05) is 13.2 Å². The predicted molar refractivity (Wildman–Crippen MR) is 80.3 cm³/mol.